The fourth-order valence-electron chi connectivity index (χ4n) is 6.53. The van der Waals surface area contributed by atoms with E-state index >= 15 is 0 Å². The highest BCUT2D eigenvalue weighted by atomic mass is 35.5. The minimum atomic E-state index is -3.84. The molecule has 0 aliphatic carbocycles. The smallest absolute Gasteiger partial charge is 0.256 e. The van der Waals surface area contributed by atoms with E-state index in [1.165, 1.54) is 25.0 Å². The van der Waals surface area contributed by atoms with Crippen LogP contribution in [0.2, 0.25) is 10.0 Å². The second kappa shape index (κ2) is 11.8. The minimum Gasteiger partial charge on any atom is -0.358 e. The fraction of sp³-hybridized carbons (Fsp3) is 0.375. The van der Waals surface area contributed by atoms with Gasteiger partial charge in [-0.15, -0.1) is 0 Å². The molecule has 1 aromatic heterocycles. The van der Waals surface area contributed by atoms with Crippen LogP contribution in [0.4, 0.5) is 5.69 Å². The number of nitrogens with zero attached hydrogens (tertiary/aromatic N) is 2. The van der Waals surface area contributed by atoms with Gasteiger partial charge in [0.15, 0.2) is 9.84 Å². The SMILES string of the molecule is Cc1[nH]c(/C=C2\C(=O)Nc3ccc(S(=O)(=O)Cc4c(Cl)cccc4Cl)cc32)c(C)c1C(=O)N1CCC[C@H]1CN1CCCC1. The maximum Gasteiger partial charge on any atom is 0.256 e. The fourth-order valence-corrected chi connectivity index (χ4v) is 8.65. The molecule has 0 saturated carbocycles. The number of sulfone groups is 1. The number of fused-ring (bicyclic) bond motifs is 1. The topological polar surface area (TPSA) is 103 Å². The molecular weight excluding hydrogens is 607 g/mol. The Bertz CT molecular complexity index is 1740. The van der Waals surface area contributed by atoms with Gasteiger partial charge in [-0.25, -0.2) is 8.42 Å². The van der Waals surface area contributed by atoms with Gasteiger partial charge < -0.3 is 20.1 Å². The maximum absolute atomic E-state index is 13.8. The zero-order valence-corrected chi connectivity index (χ0v) is 26.5. The number of aromatic amines is 1. The summed E-state index contributed by atoms with van der Waals surface area (Å²) in [6, 6.07) is 9.62. The second-order valence-electron chi connectivity index (χ2n) is 11.6. The van der Waals surface area contributed by atoms with E-state index in [1.807, 2.05) is 18.7 Å². The third-order valence-corrected chi connectivity index (χ3v) is 11.2. The summed E-state index contributed by atoms with van der Waals surface area (Å²) in [5, 5.41) is 3.37. The van der Waals surface area contributed by atoms with Gasteiger partial charge in [0.1, 0.15) is 0 Å². The number of hydrogen-bond donors (Lipinski definition) is 2. The van der Waals surface area contributed by atoms with Crippen LogP contribution in [0.25, 0.3) is 11.6 Å². The molecule has 2 amide bonds. The summed E-state index contributed by atoms with van der Waals surface area (Å²) in [6.07, 6.45) is 6.14. The summed E-state index contributed by atoms with van der Waals surface area (Å²) in [7, 11) is -3.84. The Morgan fingerprint density at radius 3 is 2.49 bits per heavy atom. The molecule has 2 N–H and O–H groups in total. The van der Waals surface area contributed by atoms with E-state index < -0.39 is 9.84 Å². The van der Waals surface area contributed by atoms with Crippen LogP contribution < -0.4 is 5.32 Å². The lowest BCUT2D eigenvalue weighted by Gasteiger charge is -2.28. The molecule has 3 aliphatic rings. The van der Waals surface area contributed by atoms with Gasteiger partial charge in [0.25, 0.3) is 11.8 Å². The van der Waals surface area contributed by atoms with Crippen molar-refractivity contribution in [3.05, 3.63) is 80.1 Å². The number of hydrogen-bond acceptors (Lipinski definition) is 5. The second-order valence-corrected chi connectivity index (χ2v) is 14.4. The van der Waals surface area contributed by atoms with Crippen LogP contribution >= 0.6 is 23.2 Å². The highest BCUT2D eigenvalue weighted by molar-refractivity contribution is 7.90. The third kappa shape index (κ3) is 5.76. The number of amides is 2. The lowest BCUT2D eigenvalue weighted by Crippen LogP contribution is -2.42. The molecule has 0 unspecified atom stereocenters. The molecule has 2 aromatic carbocycles. The first-order valence-electron chi connectivity index (χ1n) is 14.6. The molecule has 2 saturated heterocycles. The number of carbonyl (C=O) groups excluding carboxylic acids is 2. The molecule has 11 heteroatoms. The van der Waals surface area contributed by atoms with Crippen molar-refractivity contribution >= 4 is 62.2 Å². The number of aromatic nitrogens is 1. The molecule has 2 fully saturated rings. The molecule has 0 spiro atoms. The Morgan fingerprint density at radius 2 is 1.77 bits per heavy atom. The number of anilines is 1. The average Bonchev–Trinajstić information content (AvgIpc) is 3.75. The van der Waals surface area contributed by atoms with E-state index in [0.29, 0.717) is 33.6 Å². The highest BCUT2D eigenvalue weighted by Gasteiger charge is 2.34. The van der Waals surface area contributed by atoms with Crippen molar-refractivity contribution in [3.8, 4) is 0 Å². The number of rotatable bonds is 7. The van der Waals surface area contributed by atoms with Crippen LogP contribution in [0.15, 0.2) is 41.3 Å². The Kier molecular flexibility index (Phi) is 8.19. The monoisotopic (exact) mass is 640 g/mol. The number of carbonyl (C=O) groups is 2. The molecule has 0 bridgehead atoms. The molecule has 6 rings (SSSR count). The van der Waals surface area contributed by atoms with E-state index in [0.717, 1.165) is 50.3 Å². The van der Waals surface area contributed by atoms with E-state index in [4.69, 9.17) is 23.2 Å². The van der Waals surface area contributed by atoms with Gasteiger partial charge in [0.05, 0.1) is 21.8 Å². The van der Waals surface area contributed by atoms with Crippen LogP contribution in [0, 0.1) is 13.8 Å². The average molecular weight is 642 g/mol. The predicted molar refractivity (Wildman–Crippen MR) is 170 cm³/mol. The molecule has 8 nitrogen and oxygen atoms in total. The number of benzene rings is 2. The lowest BCUT2D eigenvalue weighted by atomic mass is 10.0. The van der Waals surface area contributed by atoms with Gasteiger partial charge in [-0.2, -0.15) is 0 Å². The number of halogens is 2. The van der Waals surface area contributed by atoms with Crippen LogP contribution in [0.5, 0.6) is 0 Å². The molecule has 43 heavy (non-hydrogen) atoms. The van der Waals surface area contributed by atoms with E-state index in [2.05, 4.69) is 15.2 Å². The minimum absolute atomic E-state index is 0.0143. The van der Waals surface area contributed by atoms with Gasteiger partial charge in [0, 0.05) is 57.4 Å². The van der Waals surface area contributed by atoms with Crippen molar-refractivity contribution in [3.63, 3.8) is 0 Å². The first-order valence-corrected chi connectivity index (χ1v) is 17.0. The Morgan fingerprint density at radius 1 is 1.05 bits per heavy atom. The van der Waals surface area contributed by atoms with Gasteiger partial charge in [-0.1, -0.05) is 29.3 Å². The van der Waals surface area contributed by atoms with Crippen molar-refractivity contribution in [2.45, 2.75) is 56.2 Å². The van der Waals surface area contributed by atoms with Gasteiger partial charge in [-0.3, -0.25) is 9.59 Å². The summed E-state index contributed by atoms with van der Waals surface area (Å²) in [6.45, 7) is 7.61. The van der Waals surface area contributed by atoms with E-state index in [-0.39, 0.29) is 38.5 Å². The summed E-state index contributed by atoms with van der Waals surface area (Å²) >= 11 is 12.5. The van der Waals surface area contributed by atoms with Crippen molar-refractivity contribution < 1.29 is 18.0 Å². The summed E-state index contributed by atoms with van der Waals surface area (Å²) in [5.74, 6) is -0.704. The molecule has 3 aromatic rings. The van der Waals surface area contributed by atoms with Gasteiger partial charge in [0.2, 0.25) is 0 Å². The predicted octanol–water partition coefficient (Wildman–Crippen LogP) is 6.11. The number of H-pyrrole nitrogens is 1. The van der Waals surface area contributed by atoms with Crippen molar-refractivity contribution in [2.75, 3.05) is 31.5 Å². The molecule has 4 heterocycles. The first-order chi connectivity index (χ1) is 20.5. The van der Waals surface area contributed by atoms with Crippen LogP contribution in [0.3, 0.4) is 0 Å². The Balaban J connectivity index is 1.29. The molecule has 226 valence electrons. The highest BCUT2D eigenvalue weighted by Crippen LogP contribution is 2.37. The zero-order valence-electron chi connectivity index (χ0n) is 24.2. The van der Waals surface area contributed by atoms with Crippen molar-refractivity contribution in [1.82, 2.24) is 14.8 Å². The summed E-state index contributed by atoms with van der Waals surface area (Å²) in [5.41, 5.74) is 4.42. The van der Waals surface area contributed by atoms with Crippen LogP contribution in [-0.4, -0.2) is 67.2 Å². The lowest BCUT2D eigenvalue weighted by molar-refractivity contribution is -0.110. The van der Waals surface area contributed by atoms with Crippen LogP contribution in [0.1, 0.15) is 64.1 Å². The third-order valence-electron chi connectivity index (χ3n) is 8.81. The number of nitrogens with one attached hydrogen (secondary N) is 2. The molecular formula is C32H34Cl2N4O4S. The van der Waals surface area contributed by atoms with E-state index in [9.17, 15) is 18.0 Å². The number of likely N-dealkylation sites (tertiary alicyclic amines) is 2. The zero-order chi connectivity index (χ0) is 30.5. The standard InChI is InChI=1S/C32H34Cl2N4O4S/c1-19-29(35-20(2)30(19)32(40)38-14-6-7-21(38)17-37-12-3-4-13-37)16-24-23-15-22(10-11-28(23)36-31(24)39)43(41,42)18-25-26(33)8-5-9-27(25)34/h5,8-11,15-16,21,35H,3-4,6-7,12-14,17-18H2,1-2H3,(H,36,39)/b24-16-/t21-/m0/s1. The van der Waals surface area contributed by atoms with Gasteiger partial charge >= 0.3 is 0 Å². The van der Waals surface area contributed by atoms with E-state index in [1.54, 1.807) is 30.3 Å². The molecule has 1 atom stereocenters. The summed E-state index contributed by atoms with van der Waals surface area (Å²) < 4.78 is 26.8. The first kappa shape index (κ1) is 29.9. The molecule has 0 radical (unpaired) electrons. The Labute approximate surface area is 262 Å². The number of aryl methyl sites for hydroxylation is 1. The maximum atomic E-state index is 13.8. The Hall–Kier alpha value is -3.11. The van der Waals surface area contributed by atoms with Crippen LogP contribution in [-0.2, 0) is 20.4 Å². The normalized spacial score (nSPS) is 19.8. The molecule has 3 aliphatic heterocycles. The van der Waals surface area contributed by atoms with Gasteiger partial charge in [-0.05, 0) is 94.6 Å². The largest absolute Gasteiger partial charge is 0.358 e. The van der Waals surface area contributed by atoms with Crippen molar-refractivity contribution in [1.29, 1.82) is 0 Å². The van der Waals surface area contributed by atoms with Crippen molar-refractivity contribution in [2.24, 2.45) is 0 Å². The summed E-state index contributed by atoms with van der Waals surface area (Å²) in [4.78, 5) is 34.7. The quantitative estimate of drug-likeness (QED) is 0.304.